The van der Waals surface area contributed by atoms with Crippen LogP contribution in [0.2, 0.25) is 0 Å². The Morgan fingerprint density at radius 3 is 2.74 bits per heavy atom. The summed E-state index contributed by atoms with van der Waals surface area (Å²) in [6.45, 7) is 5.09. The van der Waals surface area contributed by atoms with Crippen LogP contribution < -0.4 is 10.1 Å². The predicted molar refractivity (Wildman–Crippen MR) is 106 cm³/mol. The minimum Gasteiger partial charge on any atom is -0.492 e. The number of hydrogen-bond acceptors (Lipinski definition) is 2. The van der Waals surface area contributed by atoms with Crippen molar-refractivity contribution in [2.75, 3.05) is 11.9 Å². The van der Waals surface area contributed by atoms with Gasteiger partial charge in [0.2, 0.25) is 0 Å². The highest BCUT2D eigenvalue weighted by molar-refractivity contribution is 5.91. The Hall–Kier alpha value is -3.21. The number of fused-ring (bicyclic) bond motifs is 3. The summed E-state index contributed by atoms with van der Waals surface area (Å²) in [6, 6.07) is 19.6. The third kappa shape index (κ3) is 3.16. The highest BCUT2D eigenvalue weighted by atomic mass is 16.5. The van der Waals surface area contributed by atoms with Crippen LogP contribution in [0.15, 0.2) is 66.9 Å². The first-order valence-electron chi connectivity index (χ1n) is 9.24. The lowest BCUT2D eigenvalue weighted by atomic mass is 10.1. The van der Waals surface area contributed by atoms with Crippen LogP contribution in [0.25, 0.3) is 5.69 Å². The number of anilines is 1. The summed E-state index contributed by atoms with van der Waals surface area (Å²) in [4.78, 5) is 15.0. The number of nitrogens with one attached hydrogen (secondary N) is 1. The number of carbonyl (C=O) groups is 1. The van der Waals surface area contributed by atoms with E-state index in [1.54, 1.807) is 0 Å². The molecular formula is C22H23N3O2. The van der Waals surface area contributed by atoms with Crippen molar-refractivity contribution >= 4 is 11.7 Å². The summed E-state index contributed by atoms with van der Waals surface area (Å²) in [5.74, 6) is 0.680. The fourth-order valence-electron chi connectivity index (χ4n) is 3.60. The number of carbonyl (C=O) groups excluding carboxylic acids is 1. The quantitative estimate of drug-likeness (QED) is 0.715. The zero-order valence-corrected chi connectivity index (χ0v) is 15.6. The zero-order valence-electron chi connectivity index (χ0n) is 15.6. The molecule has 5 heteroatoms. The van der Waals surface area contributed by atoms with Crippen LogP contribution in [0.4, 0.5) is 10.5 Å². The number of nitrogens with zero attached hydrogens (tertiary/aromatic N) is 2. The first-order chi connectivity index (χ1) is 13.2. The number of hydrogen-bond donors (Lipinski definition) is 1. The lowest BCUT2D eigenvalue weighted by Gasteiger charge is -2.28. The lowest BCUT2D eigenvalue weighted by Crippen LogP contribution is -2.36. The van der Waals surface area contributed by atoms with Gasteiger partial charge in [-0.25, -0.2) is 4.79 Å². The van der Waals surface area contributed by atoms with Crippen LogP contribution in [0.5, 0.6) is 5.75 Å². The van der Waals surface area contributed by atoms with Crippen LogP contribution in [-0.4, -0.2) is 22.1 Å². The van der Waals surface area contributed by atoms with Crippen LogP contribution in [0, 0.1) is 0 Å². The molecule has 1 aromatic heterocycles. The molecular weight excluding hydrogens is 338 g/mol. The van der Waals surface area contributed by atoms with Gasteiger partial charge < -0.3 is 19.5 Å². The molecule has 0 saturated heterocycles. The summed E-state index contributed by atoms with van der Waals surface area (Å²) >= 11 is 0. The number of benzene rings is 2. The van der Waals surface area contributed by atoms with Gasteiger partial charge in [-0.1, -0.05) is 30.3 Å². The molecule has 3 aromatic rings. The van der Waals surface area contributed by atoms with Gasteiger partial charge in [-0.2, -0.15) is 0 Å². The second kappa shape index (κ2) is 7.19. The summed E-state index contributed by atoms with van der Waals surface area (Å²) in [5.41, 5.74) is 4.01. The van der Waals surface area contributed by atoms with Crippen molar-refractivity contribution in [2.45, 2.75) is 26.4 Å². The molecule has 1 N–H and O–H groups in total. The monoisotopic (exact) mass is 361 g/mol. The molecule has 0 aliphatic carbocycles. The summed E-state index contributed by atoms with van der Waals surface area (Å²) < 4.78 is 7.81. The van der Waals surface area contributed by atoms with Crippen LogP contribution in [0.3, 0.4) is 0 Å². The van der Waals surface area contributed by atoms with E-state index in [1.165, 1.54) is 0 Å². The van der Waals surface area contributed by atoms with Crippen molar-refractivity contribution in [3.05, 3.63) is 78.1 Å². The van der Waals surface area contributed by atoms with Gasteiger partial charge in [0.25, 0.3) is 0 Å². The molecule has 0 saturated carbocycles. The van der Waals surface area contributed by atoms with E-state index in [1.807, 2.05) is 54.3 Å². The molecule has 0 fully saturated rings. The van der Waals surface area contributed by atoms with Crippen molar-refractivity contribution in [1.29, 1.82) is 0 Å². The Labute approximate surface area is 159 Å². The standard InChI is InChI=1S/C22H23N3O2/c1-3-27-21-13-7-5-10-18(21)23-22(26)25-15-17-9-4-6-11-20(17)24-14-8-12-19(24)16(25)2/h4-14,16H,3,15H2,1-2H3,(H,23,26). The summed E-state index contributed by atoms with van der Waals surface area (Å²) in [5, 5.41) is 3.03. The van der Waals surface area contributed by atoms with Crippen molar-refractivity contribution < 1.29 is 9.53 Å². The topological polar surface area (TPSA) is 46.5 Å². The normalized spacial score (nSPS) is 15.5. The Kier molecular flexibility index (Phi) is 4.59. The predicted octanol–water partition coefficient (Wildman–Crippen LogP) is 4.98. The Balaban J connectivity index is 1.67. The summed E-state index contributed by atoms with van der Waals surface area (Å²) in [6.07, 6.45) is 2.05. The number of rotatable bonds is 3. The largest absolute Gasteiger partial charge is 0.492 e. The highest BCUT2D eigenvalue weighted by Gasteiger charge is 2.28. The minimum atomic E-state index is -0.140. The van der Waals surface area contributed by atoms with Gasteiger partial charge in [-0.15, -0.1) is 0 Å². The molecule has 1 unspecified atom stereocenters. The van der Waals surface area contributed by atoms with Gasteiger partial charge in [-0.3, -0.25) is 0 Å². The molecule has 1 aliphatic rings. The number of ether oxygens (including phenoxy) is 1. The van der Waals surface area contributed by atoms with E-state index >= 15 is 0 Å². The fourth-order valence-corrected chi connectivity index (χ4v) is 3.60. The zero-order chi connectivity index (χ0) is 18.8. The van der Waals surface area contributed by atoms with Gasteiger partial charge in [0, 0.05) is 11.9 Å². The van der Waals surface area contributed by atoms with E-state index in [-0.39, 0.29) is 12.1 Å². The van der Waals surface area contributed by atoms with Crippen molar-refractivity contribution in [3.8, 4) is 11.4 Å². The van der Waals surface area contributed by atoms with E-state index < -0.39 is 0 Å². The van der Waals surface area contributed by atoms with E-state index in [4.69, 9.17) is 4.74 Å². The van der Waals surface area contributed by atoms with Crippen LogP contribution in [-0.2, 0) is 6.54 Å². The average molecular weight is 361 g/mol. The minimum absolute atomic E-state index is 0.0633. The maximum absolute atomic E-state index is 13.2. The van der Waals surface area contributed by atoms with Crippen LogP contribution in [0.1, 0.15) is 31.1 Å². The lowest BCUT2D eigenvalue weighted by molar-refractivity contribution is 0.189. The molecule has 4 rings (SSSR count). The van der Waals surface area contributed by atoms with Gasteiger partial charge in [-0.05, 0) is 49.7 Å². The summed E-state index contributed by atoms with van der Waals surface area (Å²) in [7, 11) is 0. The van der Waals surface area contributed by atoms with E-state index in [9.17, 15) is 4.79 Å². The maximum atomic E-state index is 13.2. The molecule has 2 aromatic carbocycles. The van der Waals surface area contributed by atoms with E-state index in [0.29, 0.717) is 24.6 Å². The molecule has 27 heavy (non-hydrogen) atoms. The number of amides is 2. The van der Waals surface area contributed by atoms with Gasteiger partial charge in [0.1, 0.15) is 5.75 Å². The molecule has 2 amide bonds. The van der Waals surface area contributed by atoms with Gasteiger partial charge >= 0.3 is 6.03 Å². The maximum Gasteiger partial charge on any atom is 0.322 e. The van der Waals surface area contributed by atoms with E-state index in [0.717, 1.165) is 16.9 Å². The molecule has 0 bridgehead atoms. The number of urea groups is 1. The van der Waals surface area contributed by atoms with E-state index in [2.05, 4.69) is 41.2 Å². The first-order valence-corrected chi connectivity index (χ1v) is 9.24. The highest BCUT2D eigenvalue weighted by Crippen LogP contribution is 2.33. The Morgan fingerprint density at radius 2 is 1.89 bits per heavy atom. The second-order valence-electron chi connectivity index (χ2n) is 6.59. The van der Waals surface area contributed by atoms with Crippen molar-refractivity contribution in [2.24, 2.45) is 0 Å². The number of para-hydroxylation sites is 3. The third-order valence-corrected chi connectivity index (χ3v) is 4.96. The smallest absolute Gasteiger partial charge is 0.322 e. The Bertz CT molecular complexity index is 963. The second-order valence-corrected chi connectivity index (χ2v) is 6.59. The molecule has 1 atom stereocenters. The molecule has 0 spiro atoms. The molecule has 0 radical (unpaired) electrons. The average Bonchev–Trinajstić information content (AvgIpc) is 3.13. The van der Waals surface area contributed by atoms with Gasteiger partial charge in [0.15, 0.2) is 0 Å². The first kappa shape index (κ1) is 17.2. The molecule has 5 nitrogen and oxygen atoms in total. The fraction of sp³-hybridized carbons (Fsp3) is 0.227. The molecule has 138 valence electrons. The van der Waals surface area contributed by atoms with Crippen molar-refractivity contribution in [1.82, 2.24) is 9.47 Å². The van der Waals surface area contributed by atoms with Crippen LogP contribution >= 0.6 is 0 Å². The Morgan fingerprint density at radius 1 is 1.11 bits per heavy atom. The molecule has 2 heterocycles. The number of aromatic nitrogens is 1. The third-order valence-electron chi connectivity index (χ3n) is 4.96. The molecule has 1 aliphatic heterocycles. The van der Waals surface area contributed by atoms with Gasteiger partial charge in [0.05, 0.1) is 30.6 Å². The van der Waals surface area contributed by atoms with Crippen molar-refractivity contribution in [3.63, 3.8) is 0 Å². The SMILES string of the molecule is CCOc1ccccc1NC(=O)N1Cc2ccccc2-n2cccc2C1C.